The molecule has 0 radical (unpaired) electrons. The van der Waals surface area contributed by atoms with Gasteiger partial charge in [-0.05, 0) is 11.6 Å². The van der Waals surface area contributed by atoms with Gasteiger partial charge in [0.15, 0.2) is 5.82 Å². The van der Waals surface area contributed by atoms with Crippen molar-refractivity contribution >= 4 is 25.3 Å². The maximum Gasteiger partial charge on any atom is 0.469 e. The zero-order valence-electron chi connectivity index (χ0n) is 11.9. The Hall–Kier alpha value is -1.81. The fourth-order valence-corrected chi connectivity index (χ4v) is 1.97. The van der Waals surface area contributed by atoms with Crippen LogP contribution in [0.5, 0.6) is 0 Å². The zero-order valence-corrected chi connectivity index (χ0v) is 12.8. The summed E-state index contributed by atoms with van der Waals surface area (Å²) in [5, 5.41) is 2.50. The highest BCUT2D eigenvalue weighted by Gasteiger charge is 2.17. The maximum atomic E-state index is 11.7. The molecule has 11 nitrogen and oxygen atoms in total. The Labute approximate surface area is 125 Å². The Morgan fingerprint density at radius 2 is 2.14 bits per heavy atom. The molecule has 5 N–H and O–H groups in total. The van der Waals surface area contributed by atoms with Gasteiger partial charge in [-0.25, -0.2) is 4.57 Å². The van der Waals surface area contributed by atoms with Crippen LogP contribution in [0.2, 0.25) is 0 Å². The summed E-state index contributed by atoms with van der Waals surface area (Å²) < 4.78 is 15.0. The van der Waals surface area contributed by atoms with Gasteiger partial charge in [-0.3, -0.25) is 14.3 Å². The van der Waals surface area contributed by atoms with Gasteiger partial charge in [0.05, 0.1) is 6.61 Å². The van der Waals surface area contributed by atoms with E-state index in [9.17, 15) is 14.3 Å². The van der Waals surface area contributed by atoms with Gasteiger partial charge < -0.3 is 20.4 Å². The Balaban J connectivity index is 2.94. The number of nitrogens with one attached hydrogen (secondary N) is 1. The van der Waals surface area contributed by atoms with Crippen LogP contribution in [-0.2, 0) is 9.09 Å². The van der Waals surface area contributed by atoms with E-state index >= 15 is 0 Å². The Morgan fingerprint density at radius 3 is 2.64 bits per heavy atom. The molecule has 0 unspecified atom stereocenters. The van der Waals surface area contributed by atoms with Crippen LogP contribution in [0.4, 0.5) is 17.5 Å². The summed E-state index contributed by atoms with van der Waals surface area (Å²) >= 11 is 0. The molecule has 1 heterocycles. The molecule has 1 aromatic heterocycles. The van der Waals surface area contributed by atoms with E-state index in [1.807, 2.05) is 6.92 Å². The molecule has 0 aliphatic heterocycles. The highest BCUT2D eigenvalue weighted by Crippen LogP contribution is 2.35. The third kappa shape index (κ3) is 5.53. The van der Waals surface area contributed by atoms with Crippen LogP contribution < -0.4 is 16.2 Å². The lowest BCUT2D eigenvalue weighted by molar-refractivity contribution is 0.200. The summed E-state index contributed by atoms with van der Waals surface area (Å²) in [5.41, 5.74) is 4.20. The Bertz CT molecular complexity index is 614. The Morgan fingerprint density at radius 1 is 1.45 bits per heavy atom. The molecule has 1 aromatic rings. The molecule has 0 atom stereocenters. The summed E-state index contributed by atoms with van der Waals surface area (Å²) in [6, 6.07) is 0. The van der Waals surface area contributed by atoms with Crippen LogP contribution in [0.15, 0.2) is 9.97 Å². The number of unbranched alkanes of at least 4 members (excludes halogenated alkanes) is 1. The molecule has 0 spiro atoms. The van der Waals surface area contributed by atoms with Gasteiger partial charge in [-0.2, -0.15) is 4.98 Å². The van der Waals surface area contributed by atoms with Crippen molar-refractivity contribution in [3.63, 3.8) is 0 Å². The average molecular weight is 335 g/mol. The molecule has 22 heavy (non-hydrogen) atoms. The van der Waals surface area contributed by atoms with E-state index in [2.05, 4.69) is 19.7 Å². The first-order valence-electron chi connectivity index (χ1n) is 6.46. The zero-order chi connectivity index (χ0) is 16.8. The number of anilines is 2. The minimum Gasteiger partial charge on any atom is -0.382 e. The number of hydrogen-bond donors (Lipinski definition) is 4. The van der Waals surface area contributed by atoms with Crippen molar-refractivity contribution in [1.29, 1.82) is 0 Å². The molecule has 1 rings (SSSR count). The second-order valence-electron chi connectivity index (χ2n) is 4.38. The lowest BCUT2D eigenvalue weighted by Gasteiger charge is -2.23. The summed E-state index contributed by atoms with van der Waals surface area (Å²) in [6.45, 7) is 2.21. The number of rotatable bonds is 9. The normalized spacial score (nSPS) is 11.4. The SMILES string of the molecule is CCCCN(CCOP(=O)(O)O)c1nc(N)c(N=O)c(=O)[nH]1. The number of nitrogen functional groups attached to an aromatic ring is 1. The smallest absolute Gasteiger partial charge is 0.382 e. The number of hydrogen-bond acceptors (Lipinski definition) is 8. The van der Waals surface area contributed by atoms with Crippen LogP contribution in [0.25, 0.3) is 0 Å². The molecule has 0 saturated heterocycles. The molecular weight excluding hydrogens is 317 g/mol. The average Bonchev–Trinajstić information content (AvgIpc) is 2.41. The topological polar surface area (TPSA) is 171 Å². The van der Waals surface area contributed by atoms with Crippen molar-refractivity contribution in [3.05, 3.63) is 15.3 Å². The maximum absolute atomic E-state index is 11.7. The van der Waals surface area contributed by atoms with Gasteiger partial charge in [0.1, 0.15) is 0 Å². The predicted octanol–water partition coefficient (Wildman–Crippen LogP) is 0.466. The number of H-pyrrole nitrogens is 1. The van der Waals surface area contributed by atoms with E-state index in [4.69, 9.17) is 15.5 Å². The first kappa shape index (κ1) is 18.2. The monoisotopic (exact) mass is 335 g/mol. The third-order valence-electron chi connectivity index (χ3n) is 2.70. The van der Waals surface area contributed by atoms with Crippen molar-refractivity contribution in [2.24, 2.45) is 5.18 Å². The minimum atomic E-state index is -4.57. The van der Waals surface area contributed by atoms with Crippen molar-refractivity contribution in [2.75, 3.05) is 30.3 Å². The highest BCUT2D eigenvalue weighted by molar-refractivity contribution is 7.46. The standard InChI is InChI=1S/C10H18N5O6P/c1-2-3-4-15(5-6-21-22(18,19)20)10-12-8(11)7(14-17)9(16)13-10/h2-6H2,1H3,(H2,18,19,20)(H3,11,12,13,16). The van der Waals surface area contributed by atoms with Gasteiger partial charge in [-0.15, -0.1) is 4.91 Å². The number of aromatic nitrogens is 2. The number of phosphoric acid groups is 1. The summed E-state index contributed by atoms with van der Waals surface area (Å²) in [4.78, 5) is 47.2. The summed E-state index contributed by atoms with van der Waals surface area (Å²) in [7, 11) is -4.57. The van der Waals surface area contributed by atoms with E-state index in [-0.39, 0.29) is 24.9 Å². The largest absolute Gasteiger partial charge is 0.469 e. The first-order chi connectivity index (χ1) is 10.3. The van der Waals surface area contributed by atoms with Crippen molar-refractivity contribution in [2.45, 2.75) is 19.8 Å². The highest BCUT2D eigenvalue weighted by atomic mass is 31.2. The fraction of sp³-hybridized carbons (Fsp3) is 0.600. The third-order valence-corrected chi connectivity index (χ3v) is 3.22. The quantitative estimate of drug-likeness (QED) is 0.369. The minimum absolute atomic E-state index is 0.0708. The molecule has 0 fully saturated rings. The molecule has 0 amide bonds. The second kappa shape index (κ2) is 7.99. The second-order valence-corrected chi connectivity index (χ2v) is 5.62. The molecular formula is C10H18N5O6P. The molecule has 0 saturated carbocycles. The number of nitrogens with two attached hydrogens (primary N) is 1. The van der Waals surface area contributed by atoms with Crippen molar-refractivity contribution in [1.82, 2.24) is 9.97 Å². The van der Waals surface area contributed by atoms with E-state index in [0.29, 0.717) is 6.54 Å². The summed E-state index contributed by atoms with van der Waals surface area (Å²) in [5.74, 6) is -0.233. The van der Waals surface area contributed by atoms with Crippen LogP contribution >= 0.6 is 7.82 Å². The van der Waals surface area contributed by atoms with Gasteiger partial charge in [0.25, 0.3) is 5.56 Å². The van der Waals surface area contributed by atoms with Gasteiger partial charge >= 0.3 is 7.82 Å². The van der Waals surface area contributed by atoms with E-state index in [1.54, 1.807) is 4.90 Å². The van der Waals surface area contributed by atoms with Gasteiger partial charge in [-0.1, -0.05) is 13.3 Å². The van der Waals surface area contributed by atoms with Crippen molar-refractivity contribution in [3.8, 4) is 0 Å². The number of aromatic amines is 1. The fourth-order valence-electron chi connectivity index (χ4n) is 1.65. The van der Waals surface area contributed by atoms with Crippen molar-refractivity contribution < 1.29 is 18.9 Å². The molecule has 12 heteroatoms. The van der Waals surface area contributed by atoms with Crippen LogP contribution in [0, 0.1) is 4.91 Å². The van der Waals surface area contributed by atoms with Crippen LogP contribution in [0.3, 0.4) is 0 Å². The molecule has 0 aromatic carbocycles. The predicted molar refractivity (Wildman–Crippen MR) is 79.8 cm³/mol. The van der Waals surface area contributed by atoms with Crippen LogP contribution in [0.1, 0.15) is 19.8 Å². The molecule has 0 aliphatic rings. The first-order valence-corrected chi connectivity index (χ1v) is 7.99. The lowest BCUT2D eigenvalue weighted by atomic mass is 10.3. The molecule has 124 valence electrons. The number of phosphoric ester groups is 1. The summed E-state index contributed by atoms with van der Waals surface area (Å²) in [6.07, 6.45) is 1.59. The van der Waals surface area contributed by atoms with E-state index < -0.39 is 19.1 Å². The molecule has 0 aliphatic carbocycles. The lowest BCUT2D eigenvalue weighted by Crippen LogP contribution is -2.32. The number of nitroso groups, excluding NO2 is 1. The van der Waals surface area contributed by atoms with Gasteiger partial charge in [0.2, 0.25) is 11.6 Å². The number of nitrogens with zero attached hydrogens (tertiary/aromatic N) is 3. The van der Waals surface area contributed by atoms with Gasteiger partial charge in [0, 0.05) is 13.1 Å². The Kier molecular flexibility index (Phi) is 6.62. The molecule has 0 bridgehead atoms. The van der Waals surface area contributed by atoms with Crippen LogP contribution in [-0.4, -0.2) is 39.5 Å². The van der Waals surface area contributed by atoms with E-state index in [0.717, 1.165) is 12.8 Å². The van der Waals surface area contributed by atoms with E-state index in [1.165, 1.54) is 0 Å².